The summed E-state index contributed by atoms with van der Waals surface area (Å²) in [5.41, 5.74) is 3.13. The molecule has 0 radical (unpaired) electrons. The van der Waals surface area contributed by atoms with E-state index in [0.717, 1.165) is 0 Å². The van der Waals surface area contributed by atoms with Gasteiger partial charge in [0.15, 0.2) is 0 Å². The molecular formula is C11H22P+. The SMILES string of the molecule is C#C[P+](CCC)(CCC)CCC. The van der Waals surface area contributed by atoms with Crippen LogP contribution >= 0.6 is 7.26 Å². The molecule has 70 valence electrons. The Labute approximate surface area is 78.5 Å². The molecule has 0 N–H and O–H groups in total. The summed E-state index contributed by atoms with van der Waals surface area (Å²) in [5.74, 6) is 0. The van der Waals surface area contributed by atoms with Crippen LogP contribution in [0.2, 0.25) is 0 Å². The Kier molecular flexibility index (Phi) is 6.49. The Hall–Kier alpha value is -0.0100. The standard InChI is InChI=1S/C11H22P/c1-5-9-12(8-4,10-6-2)11-7-3/h4H,5-7,9-11H2,1-3H3/q+1. The number of terminal acetylenes is 1. The van der Waals surface area contributed by atoms with Gasteiger partial charge in [-0.05, 0) is 19.3 Å². The van der Waals surface area contributed by atoms with Crippen molar-refractivity contribution in [2.45, 2.75) is 40.0 Å². The van der Waals surface area contributed by atoms with E-state index < -0.39 is 7.26 Å². The van der Waals surface area contributed by atoms with Crippen LogP contribution in [0.1, 0.15) is 40.0 Å². The van der Waals surface area contributed by atoms with Crippen LogP contribution in [-0.2, 0) is 0 Å². The van der Waals surface area contributed by atoms with Crippen LogP contribution < -0.4 is 0 Å². The molecule has 0 heterocycles. The molecule has 0 aliphatic rings. The number of hydrogen-bond donors (Lipinski definition) is 0. The highest BCUT2D eigenvalue weighted by molar-refractivity contribution is 7.80. The Bertz CT molecular complexity index is 127. The monoisotopic (exact) mass is 185 g/mol. The van der Waals surface area contributed by atoms with E-state index in [0.29, 0.717) is 0 Å². The quantitative estimate of drug-likeness (QED) is 0.436. The zero-order chi connectivity index (χ0) is 9.45. The predicted octanol–water partition coefficient (Wildman–Crippen LogP) is 3.82. The number of rotatable bonds is 6. The normalized spacial score (nSPS) is 11.2. The fraction of sp³-hybridized carbons (Fsp3) is 0.818. The van der Waals surface area contributed by atoms with Gasteiger partial charge < -0.3 is 0 Å². The smallest absolute Gasteiger partial charge is 0.0768 e. The van der Waals surface area contributed by atoms with Crippen molar-refractivity contribution in [1.82, 2.24) is 0 Å². The van der Waals surface area contributed by atoms with Gasteiger partial charge in [-0.3, -0.25) is 0 Å². The summed E-state index contributed by atoms with van der Waals surface area (Å²) < 4.78 is 0. The van der Waals surface area contributed by atoms with Crippen LogP contribution in [0.25, 0.3) is 0 Å². The molecule has 0 saturated heterocycles. The molecule has 0 nitrogen and oxygen atoms in total. The summed E-state index contributed by atoms with van der Waals surface area (Å²) in [6, 6.07) is 0. The molecule has 0 aromatic rings. The van der Waals surface area contributed by atoms with Gasteiger partial charge in [-0.1, -0.05) is 27.2 Å². The van der Waals surface area contributed by atoms with E-state index in [9.17, 15) is 0 Å². The predicted molar refractivity (Wildman–Crippen MR) is 61.2 cm³/mol. The maximum atomic E-state index is 5.67. The van der Waals surface area contributed by atoms with E-state index in [1.807, 2.05) is 0 Å². The Balaban J connectivity index is 4.19. The van der Waals surface area contributed by atoms with E-state index >= 15 is 0 Å². The maximum absolute atomic E-state index is 5.67. The lowest BCUT2D eigenvalue weighted by atomic mass is 10.6. The van der Waals surface area contributed by atoms with Crippen LogP contribution in [0.15, 0.2) is 0 Å². The summed E-state index contributed by atoms with van der Waals surface area (Å²) in [4.78, 5) is 0. The van der Waals surface area contributed by atoms with Crippen molar-refractivity contribution >= 4 is 7.26 Å². The first-order valence-electron chi connectivity index (χ1n) is 5.08. The molecule has 0 fully saturated rings. The molecule has 0 rings (SSSR count). The van der Waals surface area contributed by atoms with Crippen molar-refractivity contribution in [3.05, 3.63) is 0 Å². The molecule has 0 spiro atoms. The van der Waals surface area contributed by atoms with Gasteiger partial charge in [0.05, 0.1) is 31.4 Å². The van der Waals surface area contributed by atoms with Gasteiger partial charge >= 0.3 is 0 Å². The van der Waals surface area contributed by atoms with Gasteiger partial charge in [0, 0.05) is 0 Å². The third-order valence-corrected chi connectivity index (χ3v) is 6.69. The molecule has 0 atom stereocenters. The van der Waals surface area contributed by atoms with Crippen molar-refractivity contribution in [3.8, 4) is 12.1 Å². The van der Waals surface area contributed by atoms with E-state index in [4.69, 9.17) is 6.42 Å². The lowest BCUT2D eigenvalue weighted by Crippen LogP contribution is -2.04. The maximum Gasteiger partial charge on any atom is 0.0917 e. The minimum absolute atomic E-state index is 0.949. The van der Waals surface area contributed by atoms with E-state index in [2.05, 4.69) is 26.4 Å². The van der Waals surface area contributed by atoms with Crippen LogP contribution in [0.5, 0.6) is 0 Å². The van der Waals surface area contributed by atoms with Crippen molar-refractivity contribution in [2.75, 3.05) is 18.5 Å². The summed E-state index contributed by atoms with van der Waals surface area (Å²) >= 11 is 0. The van der Waals surface area contributed by atoms with Gasteiger partial charge in [0.25, 0.3) is 0 Å². The highest BCUT2D eigenvalue weighted by atomic mass is 31.2. The molecule has 0 aromatic carbocycles. The van der Waals surface area contributed by atoms with Gasteiger partial charge in [0.2, 0.25) is 0 Å². The summed E-state index contributed by atoms with van der Waals surface area (Å²) in [6.45, 7) is 6.74. The summed E-state index contributed by atoms with van der Waals surface area (Å²) in [7, 11) is -0.949. The molecule has 0 aliphatic carbocycles. The number of hydrogen-bond acceptors (Lipinski definition) is 0. The first kappa shape index (κ1) is 12.0. The molecule has 12 heavy (non-hydrogen) atoms. The fourth-order valence-corrected chi connectivity index (χ4v) is 5.44. The van der Waals surface area contributed by atoms with Crippen molar-refractivity contribution in [1.29, 1.82) is 0 Å². The van der Waals surface area contributed by atoms with Crippen LogP contribution in [0.4, 0.5) is 0 Å². The second-order valence-electron chi connectivity index (χ2n) is 3.45. The second-order valence-corrected chi connectivity index (χ2v) is 7.34. The highest BCUT2D eigenvalue weighted by Gasteiger charge is 2.32. The molecule has 0 aliphatic heterocycles. The van der Waals surface area contributed by atoms with E-state index in [1.165, 1.54) is 37.7 Å². The fourth-order valence-electron chi connectivity index (χ4n) is 1.81. The molecular weight excluding hydrogens is 163 g/mol. The average Bonchev–Trinajstić information content (AvgIpc) is 2.06. The molecule has 0 unspecified atom stereocenters. The minimum Gasteiger partial charge on any atom is -0.0768 e. The lowest BCUT2D eigenvalue weighted by Gasteiger charge is -2.18. The Morgan fingerprint density at radius 1 is 0.917 bits per heavy atom. The van der Waals surface area contributed by atoms with E-state index in [-0.39, 0.29) is 0 Å². The van der Waals surface area contributed by atoms with Gasteiger partial charge in [0.1, 0.15) is 0 Å². The van der Waals surface area contributed by atoms with Crippen molar-refractivity contribution in [2.24, 2.45) is 0 Å². The Morgan fingerprint density at radius 2 is 1.25 bits per heavy atom. The molecule has 0 aromatic heterocycles. The molecule has 0 saturated carbocycles. The van der Waals surface area contributed by atoms with Gasteiger partial charge in [-0.15, -0.1) is 0 Å². The summed E-state index contributed by atoms with van der Waals surface area (Å²) in [6.07, 6.45) is 13.4. The van der Waals surface area contributed by atoms with E-state index in [1.54, 1.807) is 0 Å². The minimum atomic E-state index is -0.949. The van der Waals surface area contributed by atoms with Crippen LogP contribution in [0.3, 0.4) is 0 Å². The molecule has 0 amide bonds. The van der Waals surface area contributed by atoms with Crippen LogP contribution in [-0.4, -0.2) is 18.5 Å². The second kappa shape index (κ2) is 6.50. The molecule has 1 heteroatoms. The Morgan fingerprint density at radius 3 is 1.42 bits per heavy atom. The van der Waals surface area contributed by atoms with Crippen molar-refractivity contribution in [3.63, 3.8) is 0 Å². The largest absolute Gasteiger partial charge is 0.0917 e. The van der Waals surface area contributed by atoms with Crippen molar-refractivity contribution < 1.29 is 0 Å². The third kappa shape index (κ3) is 3.59. The first-order valence-corrected chi connectivity index (χ1v) is 7.43. The zero-order valence-corrected chi connectivity index (χ0v) is 9.66. The third-order valence-electron chi connectivity index (χ3n) is 2.23. The average molecular weight is 185 g/mol. The lowest BCUT2D eigenvalue weighted by molar-refractivity contribution is 1.01. The topological polar surface area (TPSA) is 0 Å². The van der Waals surface area contributed by atoms with Gasteiger partial charge in [-0.25, -0.2) is 0 Å². The van der Waals surface area contributed by atoms with Gasteiger partial charge in [-0.2, -0.15) is 0 Å². The summed E-state index contributed by atoms with van der Waals surface area (Å²) in [5, 5.41) is 0. The first-order chi connectivity index (χ1) is 5.74. The van der Waals surface area contributed by atoms with Crippen LogP contribution in [0, 0.1) is 12.1 Å². The molecule has 0 bridgehead atoms. The zero-order valence-electron chi connectivity index (χ0n) is 8.77. The highest BCUT2D eigenvalue weighted by Crippen LogP contribution is 2.58.